The van der Waals surface area contributed by atoms with Crippen LogP contribution in [0, 0.1) is 5.82 Å². The van der Waals surface area contributed by atoms with Crippen molar-refractivity contribution in [1.82, 2.24) is 5.16 Å². The van der Waals surface area contributed by atoms with Crippen LogP contribution >= 0.6 is 23.2 Å². The monoisotopic (exact) mass is 337 g/mol. The van der Waals surface area contributed by atoms with Gasteiger partial charge in [0.15, 0.2) is 5.76 Å². The molecule has 0 atom stereocenters. The fraction of sp³-hybridized carbons (Fsp3) is 0.0625. The van der Waals surface area contributed by atoms with E-state index in [9.17, 15) is 9.50 Å². The summed E-state index contributed by atoms with van der Waals surface area (Å²) in [5.74, 6) is -0.288. The fourth-order valence-corrected chi connectivity index (χ4v) is 2.58. The Morgan fingerprint density at radius 2 is 1.86 bits per heavy atom. The molecule has 3 rings (SSSR count). The summed E-state index contributed by atoms with van der Waals surface area (Å²) in [6.07, 6.45) is 0. The lowest BCUT2D eigenvalue weighted by molar-refractivity contribution is 0.281. The first kappa shape index (κ1) is 15.0. The molecule has 0 bridgehead atoms. The van der Waals surface area contributed by atoms with E-state index in [-0.39, 0.29) is 17.9 Å². The normalized spacial score (nSPS) is 10.9. The second kappa shape index (κ2) is 6.08. The van der Waals surface area contributed by atoms with Crippen molar-refractivity contribution in [3.63, 3.8) is 0 Å². The first-order valence-corrected chi connectivity index (χ1v) is 7.17. The Kier molecular flexibility index (Phi) is 4.16. The second-order valence-electron chi connectivity index (χ2n) is 4.60. The van der Waals surface area contributed by atoms with Crippen molar-refractivity contribution in [2.24, 2.45) is 0 Å². The number of halogens is 3. The highest BCUT2D eigenvalue weighted by Gasteiger charge is 2.22. The Morgan fingerprint density at radius 3 is 2.59 bits per heavy atom. The zero-order valence-corrected chi connectivity index (χ0v) is 12.7. The van der Waals surface area contributed by atoms with Gasteiger partial charge in [0.25, 0.3) is 0 Å². The molecule has 0 radical (unpaired) electrons. The van der Waals surface area contributed by atoms with Gasteiger partial charge in [-0.3, -0.25) is 0 Å². The highest BCUT2D eigenvalue weighted by Crippen LogP contribution is 2.37. The van der Waals surface area contributed by atoms with E-state index in [4.69, 9.17) is 27.7 Å². The van der Waals surface area contributed by atoms with Gasteiger partial charge in [-0.1, -0.05) is 40.5 Å². The molecular weight excluding hydrogens is 328 g/mol. The zero-order valence-electron chi connectivity index (χ0n) is 11.2. The van der Waals surface area contributed by atoms with Gasteiger partial charge < -0.3 is 9.63 Å². The van der Waals surface area contributed by atoms with Crippen LogP contribution in [0.2, 0.25) is 10.0 Å². The Labute approximate surface area is 135 Å². The van der Waals surface area contributed by atoms with Crippen molar-refractivity contribution in [2.45, 2.75) is 6.61 Å². The number of rotatable bonds is 3. The van der Waals surface area contributed by atoms with Crippen LogP contribution in [-0.4, -0.2) is 10.3 Å². The van der Waals surface area contributed by atoms with Crippen LogP contribution in [0.15, 0.2) is 47.0 Å². The molecule has 22 heavy (non-hydrogen) atoms. The first-order chi connectivity index (χ1) is 10.6. The van der Waals surface area contributed by atoms with E-state index in [1.807, 2.05) is 0 Å². The highest BCUT2D eigenvalue weighted by molar-refractivity contribution is 6.35. The molecule has 0 aliphatic rings. The van der Waals surface area contributed by atoms with E-state index in [0.717, 1.165) is 0 Å². The molecule has 0 fully saturated rings. The van der Waals surface area contributed by atoms with Crippen LogP contribution in [0.5, 0.6) is 0 Å². The molecular formula is C16H10Cl2FNO2. The molecule has 3 nitrogen and oxygen atoms in total. The summed E-state index contributed by atoms with van der Waals surface area (Å²) in [6.45, 7) is -0.370. The molecule has 0 aliphatic heterocycles. The average Bonchev–Trinajstić information content (AvgIpc) is 2.93. The van der Waals surface area contributed by atoms with Gasteiger partial charge >= 0.3 is 0 Å². The third-order valence-electron chi connectivity index (χ3n) is 3.25. The molecule has 0 amide bonds. The number of benzene rings is 2. The number of aromatic nitrogens is 1. The van der Waals surface area contributed by atoms with Crippen LogP contribution in [0.1, 0.15) is 5.56 Å². The van der Waals surface area contributed by atoms with E-state index in [2.05, 4.69) is 5.16 Å². The van der Waals surface area contributed by atoms with Gasteiger partial charge in [0, 0.05) is 10.6 Å². The lowest BCUT2D eigenvalue weighted by Crippen LogP contribution is -1.91. The fourth-order valence-electron chi connectivity index (χ4n) is 2.20. The van der Waals surface area contributed by atoms with Crippen molar-refractivity contribution in [2.75, 3.05) is 0 Å². The third-order valence-corrected chi connectivity index (χ3v) is 3.81. The largest absolute Gasteiger partial charge is 0.391 e. The Hall–Kier alpha value is -1.88. The van der Waals surface area contributed by atoms with Gasteiger partial charge in [0.2, 0.25) is 0 Å². The second-order valence-corrected chi connectivity index (χ2v) is 5.44. The lowest BCUT2D eigenvalue weighted by atomic mass is 10.0. The minimum Gasteiger partial charge on any atom is -0.391 e. The molecule has 1 aromatic heterocycles. The maximum atomic E-state index is 13.9. The van der Waals surface area contributed by atoms with Gasteiger partial charge in [0.1, 0.15) is 11.5 Å². The van der Waals surface area contributed by atoms with Gasteiger partial charge in [-0.05, 0) is 30.3 Å². The van der Waals surface area contributed by atoms with Crippen LogP contribution in [-0.2, 0) is 6.61 Å². The van der Waals surface area contributed by atoms with E-state index in [1.165, 1.54) is 6.07 Å². The summed E-state index contributed by atoms with van der Waals surface area (Å²) in [5.41, 5.74) is 1.44. The molecule has 1 N–H and O–H groups in total. The third kappa shape index (κ3) is 2.61. The minimum atomic E-state index is -0.461. The molecule has 0 spiro atoms. The first-order valence-electron chi connectivity index (χ1n) is 6.41. The minimum absolute atomic E-state index is 0.173. The molecule has 1 heterocycles. The predicted molar refractivity (Wildman–Crippen MR) is 83.3 cm³/mol. The highest BCUT2D eigenvalue weighted by atomic mass is 35.5. The van der Waals surface area contributed by atoms with E-state index in [0.29, 0.717) is 26.9 Å². The van der Waals surface area contributed by atoms with E-state index in [1.54, 1.807) is 36.4 Å². The number of nitrogens with zero attached hydrogens (tertiary/aromatic N) is 1. The molecule has 6 heteroatoms. The van der Waals surface area contributed by atoms with Gasteiger partial charge in [0.05, 0.1) is 22.8 Å². The standard InChI is InChI=1S/C16H10Cl2FNO2/c17-9-5-6-13(18)11(7-9)15-12(8-21)16(22-20-15)10-3-1-2-4-14(10)19/h1-7,21H,8H2. The maximum Gasteiger partial charge on any atom is 0.175 e. The number of aliphatic hydroxyl groups is 1. The van der Waals surface area contributed by atoms with Gasteiger partial charge in [-0.2, -0.15) is 0 Å². The summed E-state index contributed by atoms with van der Waals surface area (Å²) in [4.78, 5) is 0. The van der Waals surface area contributed by atoms with Crippen molar-refractivity contribution >= 4 is 23.2 Å². The van der Waals surface area contributed by atoms with E-state index >= 15 is 0 Å². The topological polar surface area (TPSA) is 46.3 Å². The van der Waals surface area contributed by atoms with Crippen LogP contribution in [0.25, 0.3) is 22.6 Å². The molecule has 2 aromatic carbocycles. The molecule has 0 unspecified atom stereocenters. The molecule has 0 saturated carbocycles. The number of hydrogen-bond acceptors (Lipinski definition) is 3. The maximum absolute atomic E-state index is 13.9. The quantitative estimate of drug-likeness (QED) is 0.735. The Balaban J connectivity index is 2.20. The average molecular weight is 338 g/mol. The summed E-state index contributed by atoms with van der Waals surface area (Å²) in [5, 5.41) is 14.5. The zero-order chi connectivity index (χ0) is 15.7. The van der Waals surface area contributed by atoms with Crippen LogP contribution in [0.4, 0.5) is 4.39 Å². The molecule has 112 valence electrons. The van der Waals surface area contributed by atoms with Crippen LogP contribution < -0.4 is 0 Å². The van der Waals surface area contributed by atoms with Crippen molar-refractivity contribution in [3.8, 4) is 22.6 Å². The summed E-state index contributed by atoms with van der Waals surface area (Å²) >= 11 is 12.1. The number of hydrogen-bond donors (Lipinski definition) is 1. The Morgan fingerprint density at radius 1 is 1.09 bits per heavy atom. The Bertz CT molecular complexity index is 833. The van der Waals surface area contributed by atoms with Crippen LogP contribution in [0.3, 0.4) is 0 Å². The van der Waals surface area contributed by atoms with Gasteiger partial charge in [-0.15, -0.1) is 0 Å². The molecule has 0 saturated heterocycles. The van der Waals surface area contributed by atoms with Crippen molar-refractivity contribution in [3.05, 3.63) is 63.9 Å². The lowest BCUT2D eigenvalue weighted by Gasteiger charge is -2.04. The van der Waals surface area contributed by atoms with Gasteiger partial charge in [-0.25, -0.2) is 4.39 Å². The van der Waals surface area contributed by atoms with E-state index < -0.39 is 5.82 Å². The number of aliphatic hydroxyl groups excluding tert-OH is 1. The molecule has 0 aliphatic carbocycles. The summed E-state index contributed by atoms with van der Waals surface area (Å²) in [7, 11) is 0. The summed E-state index contributed by atoms with van der Waals surface area (Å²) < 4.78 is 19.2. The summed E-state index contributed by atoms with van der Waals surface area (Å²) in [6, 6.07) is 11.0. The smallest absolute Gasteiger partial charge is 0.175 e. The predicted octanol–water partition coefficient (Wildman–Crippen LogP) is 4.95. The van der Waals surface area contributed by atoms with Crippen molar-refractivity contribution in [1.29, 1.82) is 0 Å². The van der Waals surface area contributed by atoms with Crippen molar-refractivity contribution < 1.29 is 14.0 Å². The molecule has 3 aromatic rings. The SMILES string of the molecule is OCc1c(-c2cc(Cl)ccc2Cl)noc1-c1ccccc1F.